The fourth-order valence-corrected chi connectivity index (χ4v) is 3.85. The molecule has 4 nitrogen and oxygen atoms in total. The van der Waals surface area contributed by atoms with Crippen molar-refractivity contribution in [1.82, 2.24) is 14.7 Å². The Kier molecular flexibility index (Phi) is 5.21. The number of hydrogen-bond acceptors (Lipinski definition) is 6. The highest BCUT2D eigenvalue weighted by atomic mass is 32.2. The first-order valence-electron chi connectivity index (χ1n) is 6.04. The van der Waals surface area contributed by atoms with Gasteiger partial charge in [-0.05, 0) is 31.4 Å². The van der Waals surface area contributed by atoms with Gasteiger partial charge in [-0.1, -0.05) is 18.7 Å². The fourth-order valence-electron chi connectivity index (χ4n) is 1.99. The SMILES string of the molecule is CCNC(CSc1nc(C)ns1)C1CCOC1. The summed E-state index contributed by atoms with van der Waals surface area (Å²) in [7, 11) is 0. The first-order chi connectivity index (χ1) is 8.29. The maximum absolute atomic E-state index is 5.47. The molecule has 0 bridgehead atoms. The molecule has 1 aromatic heterocycles. The van der Waals surface area contributed by atoms with E-state index in [1.807, 2.05) is 6.92 Å². The van der Waals surface area contributed by atoms with Crippen molar-refractivity contribution in [3.63, 3.8) is 0 Å². The zero-order chi connectivity index (χ0) is 12.1. The Bertz CT molecular complexity index is 339. The van der Waals surface area contributed by atoms with E-state index in [0.29, 0.717) is 12.0 Å². The highest BCUT2D eigenvalue weighted by Gasteiger charge is 2.25. The van der Waals surface area contributed by atoms with Crippen LogP contribution in [0, 0.1) is 12.8 Å². The number of ether oxygens (including phenoxy) is 1. The molecule has 2 rings (SSSR count). The van der Waals surface area contributed by atoms with Crippen molar-refractivity contribution in [3.05, 3.63) is 5.82 Å². The summed E-state index contributed by atoms with van der Waals surface area (Å²) in [5, 5.41) is 3.56. The van der Waals surface area contributed by atoms with Gasteiger partial charge in [-0.3, -0.25) is 0 Å². The van der Waals surface area contributed by atoms with Crippen LogP contribution in [0.1, 0.15) is 19.2 Å². The molecular weight excluding hydrogens is 254 g/mol. The van der Waals surface area contributed by atoms with Gasteiger partial charge in [0.05, 0.1) is 6.61 Å². The number of nitrogens with zero attached hydrogens (tertiary/aromatic N) is 2. The Morgan fingerprint density at radius 2 is 2.53 bits per heavy atom. The lowest BCUT2D eigenvalue weighted by Crippen LogP contribution is -2.38. The summed E-state index contributed by atoms with van der Waals surface area (Å²) >= 11 is 3.30. The maximum atomic E-state index is 5.47. The minimum absolute atomic E-state index is 0.525. The molecule has 2 unspecified atom stereocenters. The third kappa shape index (κ3) is 3.91. The predicted octanol–water partition coefficient (Wildman–Crippen LogP) is 1.95. The molecule has 0 amide bonds. The van der Waals surface area contributed by atoms with E-state index in [9.17, 15) is 0 Å². The summed E-state index contributed by atoms with van der Waals surface area (Å²) in [6.07, 6.45) is 1.17. The minimum atomic E-state index is 0.525. The summed E-state index contributed by atoms with van der Waals surface area (Å²) < 4.78 is 10.7. The normalized spacial score (nSPS) is 21.9. The summed E-state index contributed by atoms with van der Waals surface area (Å²) in [5.41, 5.74) is 0. The highest BCUT2D eigenvalue weighted by Crippen LogP contribution is 2.25. The molecule has 0 spiro atoms. The van der Waals surface area contributed by atoms with Crippen molar-refractivity contribution in [1.29, 1.82) is 0 Å². The Hall–Kier alpha value is -0.170. The van der Waals surface area contributed by atoms with Crippen LogP contribution in [-0.4, -0.2) is 40.9 Å². The average molecular weight is 273 g/mol. The molecule has 2 atom stereocenters. The number of hydrogen-bond donors (Lipinski definition) is 1. The van der Waals surface area contributed by atoms with E-state index in [4.69, 9.17) is 4.74 Å². The van der Waals surface area contributed by atoms with Gasteiger partial charge in [0.25, 0.3) is 0 Å². The smallest absolute Gasteiger partial charge is 0.170 e. The number of thioether (sulfide) groups is 1. The molecule has 0 saturated carbocycles. The zero-order valence-electron chi connectivity index (χ0n) is 10.3. The van der Waals surface area contributed by atoms with Gasteiger partial charge in [-0.15, -0.1) is 0 Å². The van der Waals surface area contributed by atoms with Crippen LogP contribution in [0.25, 0.3) is 0 Å². The largest absolute Gasteiger partial charge is 0.381 e. The van der Waals surface area contributed by atoms with Crippen LogP contribution in [-0.2, 0) is 4.74 Å². The van der Waals surface area contributed by atoms with Gasteiger partial charge in [-0.2, -0.15) is 4.37 Å². The van der Waals surface area contributed by atoms with E-state index in [1.165, 1.54) is 18.0 Å². The molecule has 1 aliphatic heterocycles. The topological polar surface area (TPSA) is 47.0 Å². The van der Waals surface area contributed by atoms with Crippen molar-refractivity contribution < 1.29 is 4.74 Å². The standard InChI is InChI=1S/C11H19N3OS2/c1-3-12-10(9-4-5-15-6-9)7-16-11-13-8(2)14-17-11/h9-10,12H,3-7H2,1-2H3. The number of aryl methyl sites for hydroxylation is 1. The van der Waals surface area contributed by atoms with Crippen LogP contribution in [0.2, 0.25) is 0 Å². The number of nitrogens with one attached hydrogen (secondary N) is 1. The van der Waals surface area contributed by atoms with Crippen LogP contribution < -0.4 is 5.32 Å². The van der Waals surface area contributed by atoms with E-state index in [2.05, 4.69) is 21.6 Å². The lowest BCUT2D eigenvalue weighted by Gasteiger charge is -2.22. The third-order valence-corrected chi connectivity index (χ3v) is 4.94. The van der Waals surface area contributed by atoms with Gasteiger partial charge < -0.3 is 10.1 Å². The Balaban J connectivity index is 1.84. The van der Waals surface area contributed by atoms with Gasteiger partial charge >= 0.3 is 0 Å². The number of aromatic nitrogens is 2. The molecule has 1 aliphatic rings. The van der Waals surface area contributed by atoms with Crippen molar-refractivity contribution in [3.8, 4) is 0 Å². The first-order valence-corrected chi connectivity index (χ1v) is 7.79. The van der Waals surface area contributed by atoms with Crippen LogP contribution in [0.4, 0.5) is 0 Å². The first kappa shape index (κ1) is 13.3. The van der Waals surface area contributed by atoms with Crippen LogP contribution in [0.5, 0.6) is 0 Å². The lowest BCUT2D eigenvalue weighted by molar-refractivity contribution is 0.179. The molecule has 1 fully saturated rings. The molecule has 1 N–H and O–H groups in total. The molecule has 96 valence electrons. The molecule has 1 saturated heterocycles. The van der Waals surface area contributed by atoms with E-state index in [-0.39, 0.29) is 0 Å². The summed E-state index contributed by atoms with van der Waals surface area (Å²) in [4.78, 5) is 4.38. The molecule has 6 heteroatoms. The molecule has 0 radical (unpaired) electrons. The molecule has 0 aliphatic carbocycles. The summed E-state index contributed by atoms with van der Waals surface area (Å²) in [5.74, 6) is 2.58. The Morgan fingerprint density at radius 1 is 1.65 bits per heavy atom. The molecule has 0 aromatic carbocycles. The van der Waals surface area contributed by atoms with Crippen LogP contribution in [0.3, 0.4) is 0 Å². The molecule has 17 heavy (non-hydrogen) atoms. The van der Waals surface area contributed by atoms with Gasteiger partial charge in [0, 0.05) is 24.3 Å². The monoisotopic (exact) mass is 273 g/mol. The van der Waals surface area contributed by atoms with E-state index >= 15 is 0 Å². The lowest BCUT2D eigenvalue weighted by atomic mass is 10.0. The maximum Gasteiger partial charge on any atom is 0.170 e. The van der Waals surface area contributed by atoms with Crippen LogP contribution >= 0.6 is 23.3 Å². The van der Waals surface area contributed by atoms with E-state index in [1.54, 1.807) is 11.8 Å². The van der Waals surface area contributed by atoms with Gasteiger partial charge in [0.2, 0.25) is 0 Å². The van der Waals surface area contributed by atoms with Crippen molar-refractivity contribution in [2.45, 2.75) is 30.6 Å². The van der Waals surface area contributed by atoms with E-state index < -0.39 is 0 Å². The van der Waals surface area contributed by atoms with Gasteiger partial charge in [0.1, 0.15) is 5.82 Å². The quantitative estimate of drug-likeness (QED) is 0.803. The number of rotatable bonds is 6. The van der Waals surface area contributed by atoms with Crippen molar-refractivity contribution in [2.24, 2.45) is 5.92 Å². The van der Waals surface area contributed by atoms with E-state index in [0.717, 1.165) is 35.7 Å². The molecular formula is C11H19N3OS2. The second kappa shape index (κ2) is 6.68. The van der Waals surface area contributed by atoms with Gasteiger partial charge in [0.15, 0.2) is 4.34 Å². The average Bonchev–Trinajstić information content (AvgIpc) is 2.95. The minimum Gasteiger partial charge on any atom is -0.381 e. The molecule has 1 aromatic rings. The second-order valence-electron chi connectivity index (χ2n) is 4.21. The Labute approximate surface area is 111 Å². The van der Waals surface area contributed by atoms with Crippen molar-refractivity contribution in [2.75, 3.05) is 25.5 Å². The zero-order valence-corrected chi connectivity index (χ0v) is 11.9. The summed E-state index contributed by atoms with van der Waals surface area (Å²) in [6, 6.07) is 0.525. The molecule has 2 heterocycles. The third-order valence-electron chi connectivity index (χ3n) is 2.90. The van der Waals surface area contributed by atoms with Crippen molar-refractivity contribution >= 4 is 23.3 Å². The fraction of sp³-hybridized carbons (Fsp3) is 0.818. The highest BCUT2D eigenvalue weighted by molar-refractivity contribution is 8.00. The second-order valence-corrected chi connectivity index (χ2v) is 6.23. The Morgan fingerprint density at radius 3 is 3.12 bits per heavy atom. The summed E-state index contributed by atoms with van der Waals surface area (Å²) in [6.45, 7) is 6.91. The predicted molar refractivity (Wildman–Crippen MR) is 71.8 cm³/mol. The van der Waals surface area contributed by atoms with Gasteiger partial charge in [-0.25, -0.2) is 4.98 Å². The van der Waals surface area contributed by atoms with Crippen LogP contribution in [0.15, 0.2) is 4.34 Å².